The maximum atomic E-state index is 13.4. The van der Waals surface area contributed by atoms with E-state index in [1.807, 2.05) is 4.90 Å². The SMILES string of the molecule is O=C(C1CNCCN1)N1CCN(C(c2ccc(F)cc2)c2ccc(F)cc2)CC1. The molecule has 2 saturated heterocycles. The van der Waals surface area contributed by atoms with Crippen LogP contribution in [0.4, 0.5) is 8.78 Å². The molecule has 1 atom stereocenters. The molecule has 2 N–H and O–H groups in total. The minimum absolute atomic E-state index is 0.108. The first kappa shape index (κ1) is 19.9. The third kappa shape index (κ3) is 4.63. The van der Waals surface area contributed by atoms with E-state index < -0.39 is 0 Å². The summed E-state index contributed by atoms with van der Waals surface area (Å²) in [5.74, 6) is -0.428. The molecule has 1 unspecified atom stereocenters. The highest BCUT2D eigenvalue weighted by Gasteiger charge is 2.31. The molecule has 0 aromatic heterocycles. The number of halogens is 2. The van der Waals surface area contributed by atoms with Crippen LogP contribution in [0.2, 0.25) is 0 Å². The van der Waals surface area contributed by atoms with Crippen LogP contribution < -0.4 is 10.6 Å². The van der Waals surface area contributed by atoms with Crippen molar-refractivity contribution in [3.8, 4) is 0 Å². The third-order valence-corrected chi connectivity index (χ3v) is 5.70. The van der Waals surface area contributed by atoms with Gasteiger partial charge < -0.3 is 15.5 Å². The van der Waals surface area contributed by atoms with E-state index in [4.69, 9.17) is 0 Å². The van der Waals surface area contributed by atoms with Gasteiger partial charge in [0.05, 0.1) is 12.1 Å². The lowest BCUT2D eigenvalue weighted by Gasteiger charge is -2.41. The van der Waals surface area contributed by atoms with Gasteiger partial charge in [-0.25, -0.2) is 8.78 Å². The normalized spacial score (nSPS) is 20.8. The Morgan fingerprint density at radius 1 is 0.862 bits per heavy atom. The third-order valence-electron chi connectivity index (χ3n) is 5.70. The van der Waals surface area contributed by atoms with Crippen molar-refractivity contribution >= 4 is 5.91 Å². The molecule has 1 amide bonds. The van der Waals surface area contributed by atoms with E-state index in [1.54, 1.807) is 24.3 Å². The lowest BCUT2D eigenvalue weighted by Crippen LogP contribution is -2.59. The quantitative estimate of drug-likeness (QED) is 0.821. The molecule has 0 radical (unpaired) electrons. The van der Waals surface area contributed by atoms with Crippen LogP contribution in [0, 0.1) is 11.6 Å². The predicted molar refractivity (Wildman–Crippen MR) is 107 cm³/mol. The van der Waals surface area contributed by atoms with Crippen molar-refractivity contribution in [1.82, 2.24) is 20.4 Å². The molecule has 2 aromatic carbocycles. The Bertz CT molecular complexity index is 768. The van der Waals surface area contributed by atoms with Crippen molar-refractivity contribution in [3.05, 3.63) is 71.3 Å². The molecule has 0 aliphatic carbocycles. The second-order valence-electron chi connectivity index (χ2n) is 7.58. The topological polar surface area (TPSA) is 47.6 Å². The molecular formula is C22H26F2N4O. The Balaban J connectivity index is 1.49. The van der Waals surface area contributed by atoms with Crippen LogP contribution in [0.1, 0.15) is 17.2 Å². The van der Waals surface area contributed by atoms with Gasteiger partial charge in [0, 0.05) is 45.8 Å². The highest BCUT2D eigenvalue weighted by molar-refractivity contribution is 5.82. The molecule has 2 fully saturated rings. The Morgan fingerprint density at radius 3 is 1.90 bits per heavy atom. The van der Waals surface area contributed by atoms with E-state index in [0.29, 0.717) is 32.7 Å². The average Bonchev–Trinajstić information content (AvgIpc) is 2.77. The Kier molecular flexibility index (Phi) is 6.18. The number of carbonyl (C=O) groups is 1. The number of hydrogen-bond donors (Lipinski definition) is 2. The predicted octanol–water partition coefficient (Wildman–Crippen LogP) is 1.76. The standard InChI is InChI=1S/C22H26F2N4O/c23-18-5-1-16(2-6-18)21(17-3-7-19(24)8-4-17)27-11-13-28(14-12-27)22(29)20-15-25-9-10-26-20/h1-8,20-21,25-26H,9-15H2. The van der Waals surface area contributed by atoms with Crippen molar-refractivity contribution < 1.29 is 13.6 Å². The van der Waals surface area contributed by atoms with Gasteiger partial charge in [0.15, 0.2) is 0 Å². The summed E-state index contributed by atoms with van der Waals surface area (Å²) >= 11 is 0. The van der Waals surface area contributed by atoms with Crippen molar-refractivity contribution in [2.45, 2.75) is 12.1 Å². The maximum Gasteiger partial charge on any atom is 0.241 e. The van der Waals surface area contributed by atoms with Gasteiger partial charge in [-0.15, -0.1) is 0 Å². The first-order chi connectivity index (χ1) is 14.1. The van der Waals surface area contributed by atoms with Crippen LogP contribution in [0.25, 0.3) is 0 Å². The van der Waals surface area contributed by atoms with Crippen LogP contribution in [-0.2, 0) is 4.79 Å². The second-order valence-corrected chi connectivity index (χ2v) is 7.58. The smallest absolute Gasteiger partial charge is 0.241 e. The molecule has 2 heterocycles. The summed E-state index contributed by atoms with van der Waals surface area (Å²) < 4.78 is 26.9. The number of benzene rings is 2. The number of carbonyl (C=O) groups excluding carboxylic acids is 1. The minimum Gasteiger partial charge on any atom is -0.339 e. The van der Waals surface area contributed by atoms with E-state index in [2.05, 4.69) is 15.5 Å². The van der Waals surface area contributed by atoms with Gasteiger partial charge in [-0.3, -0.25) is 9.69 Å². The summed E-state index contributed by atoms with van der Waals surface area (Å²) in [6.07, 6.45) is 0. The highest BCUT2D eigenvalue weighted by Crippen LogP contribution is 2.30. The van der Waals surface area contributed by atoms with Gasteiger partial charge >= 0.3 is 0 Å². The van der Waals surface area contributed by atoms with E-state index in [1.165, 1.54) is 24.3 Å². The Morgan fingerprint density at radius 2 is 1.41 bits per heavy atom. The zero-order chi connectivity index (χ0) is 20.2. The first-order valence-corrected chi connectivity index (χ1v) is 10.1. The first-order valence-electron chi connectivity index (χ1n) is 10.1. The summed E-state index contributed by atoms with van der Waals surface area (Å²) in [5, 5.41) is 6.53. The van der Waals surface area contributed by atoms with Gasteiger partial charge in [-0.1, -0.05) is 24.3 Å². The fourth-order valence-electron chi connectivity index (χ4n) is 4.15. The van der Waals surface area contributed by atoms with Crippen LogP contribution in [0.15, 0.2) is 48.5 Å². The van der Waals surface area contributed by atoms with Crippen LogP contribution >= 0.6 is 0 Å². The fourth-order valence-corrected chi connectivity index (χ4v) is 4.15. The molecule has 0 saturated carbocycles. The molecule has 2 aliphatic heterocycles. The number of rotatable bonds is 4. The lowest BCUT2D eigenvalue weighted by molar-refractivity contribution is -0.135. The van der Waals surface area contributed by atoms with E-state index >= 15 is 0 Å². The summed E-state index contributed by atoms with van der Waals surface area (Å²) in [4.78, 5) is 17.0. The van der Waals surface area contributed by atoms with Crippen LogP contribution in [-0.4, -0.2) is 67.6 Å². The summed E-state index contributed by atoms with van der Waals surface area (Å²) in [6, 6.07) is 12.6. The zero-order valence-electron chi connectivity index (χ0n) is 16.3. The van der Waals surface area contributed by atoms with Crippen LogP contribution in [0.5, 0.6) is 0 Å². The van der Waals surface area contributed by atoms with E-state index in [9.17, 15) is 13.6 Å². The van der Waals surface area contributed by atoms with Crippen molar-refractivity contribution in [2.24, 2.45) is 0 Å². The van der Waals surface area contributed by atoms with Gasteiger partial charge in [0.2, 0.25) is 5.91 Å². The van der Waals surface area contributed by atoms with Crippen molar-refractivity contribution in [2.75, 3.05) is 45.8 Å². The number of nitrogens with zero attached hydrogens (tertiary/aromatic N) is 2. The molecule has 2 aliphatic rings. The largest absolute Gasteiger partial charge is 0.339 e. The molecular weight excluding hydrogens is 374 g/mol. The fraction of sp³-hybridized carbons (Fsp3) is 0.409. The van der Waals surface area contributed by atoms with Crippen molar-refractivity contribution in [1.29, 1.82) is 0 Å². The molecule has 2 aromatic rings. The van der Waals surface area contributed by atoms with Crippen LogP contribution in [0.3, 0.4) is 0 Å². The Hall–Kier alpha value is -2.35. The molecule has 4 rings (SSSR count). The van der Waals surface area contributed by atoms with E-state index in [-0.39, 0.29) is 29.6 Å². The van der Waals surface area contributed by atoms with Gasteiger partial charge in [-0.2, -0.15) is 0 Å². The lowest BCUT2D eigenvalue weighted by atomic mass is 9.96. The van der Waals surface area contributed by atoms with Gasteiger partial charge in [-0.05, 0) is 35.4 Å². The summed E-state index contributed by atoms with van der Waals surface area (Å²) in [5.41, 5.74) is 1.91. The van der Waals surface area contributed by atoms with Crippen molar-refractivity contribution in [3.63, 3.8) is 0 Å². The van der Waals surface area contributed by atoms with Gasteiger partial charge in [0.1, 0.15) is 11.6 Å². The highest BCUT2D eigenvalue weighted by atomic mass is 19.1. The average molecular weight is 400 g/mol. The summed E-state index contributed by atoms with van der Waals surface area (Å²) in [7, 11) is 0. The zero-order valence-corrected chi connectivity index (χ0v) is 16.3. The Labute approximate surface area is 169 Å². The monoisotopic (exact) mass is 400 g/mol. The minimum atomic E-state index is -0.282. The molecule has 5 nitrogen and oxygen atoms in total. The molecule has 7 heteroatoms. The maximum absolute atomic E-state index is 13.4. The molecule has 29 heavy (non-hydrogen) atoms. The van der Waals surface area contributed by atoms with Gasteiger partial charge in [0.25, 0.3) is 0 Å². The second kappa shape index (κ2) is 8.98. The molecule has 0 spiro atoms. The number of hydrogen-bond acceptors (Lipinski definition) is 4. The number of piperazine rings is 2. The number of nitrogens with one attached hydrogen (secondary N) is 2. The number of amides is 1. The molecule has 0 bridgehead atoms. The molecule has 154 valence electrons. The van der Waals surface area contributed by atoms with E-state index in [0.717, 1.165) is 24.2 Å². The summed E-state index contributed by atoms with van der Waals surface area (Å²) in [6.45, 7) is 5.01.